The van der Waals surface area contributed by atoms with Crippen molar-refractivity contribution in [1.29, 1.82) is 0 Å². The van der Waals surface area contributed by atoms with Crippen molar-refractivity contribution in [3.8, 4) is 0 Å². The number of unbranched alkanes of at least 4 members (excludes halogenated alkanes) is 3. The van der Waals surface area contributed by atoms with E-state index in [0.717, 1.165) is 19.6 Å². The molecule has 0 aromatic carbocycles. The predicted octanol–water partition coefficient (Wildman–Crippen LogP) is -0.812. The number of hydrogen-bond acceptors (Lipinski definition) is 13. The smallest absolute Gasteiger partial charge is 0.317 e. The predicted molar refractivity (Wildman–Crippen MR) is 183 cm³/mol. The van der Waals surface area contributed by atoms with E-state index in [4.69, 9.17) is 46.6 Å². The average molecular weight is 756 g/mol. The molecule has 0 aromatic rings. The van der Waals surface area contributed by atoms with Gasteiger partial charge in [-0.2, -0.15) is 0 Å². The van der Waals surface area contributed by atoms with Gasteiger partial charge in [0, 0.05) is 31.7 Å². The second-order valence-corrected chi connectivity index (χ2v) is 12.6. The van der Waals surface area contributed by atoms with Crippen LogP contribution in [0.3, 0.4) is 0 Å². The third-order valence-corrected chi connectivity index (χ3v) is 7.10. The minimum absolute atomic E-state index is 0.00617. The van der Waals surface area contributed by atoms with Gasteiger partial charge in [0.05, 0.1) is 52.4 Å². The third-order valence-electron chi connectivity index (χ3n) is 7.10. The summed E-state index contributed by atoms with van der Waals surface area (Å²) in [5, 5.41) is 68.9. The molecule has 0 heterocycles. The number of carbonyl (C=O) groups is 8. The summed E-state index contributed by atoms with van der Waals surface area (Å²) < 4.78 is 0. The van der Waals surface area contributed by atoms with Crippen LogP contribution in [0.2, 0.25) is 0 Å². The van der Waals surface area contributed by atoms with E-state index in [9.17, 15) is 38.4 Å². The van der Waals surface area contributed by atoms with Crippen LogP contribution in [-0.4, -0.2) is 192 Å². The molecule has 21 nitrogen and oxygen atoms in total. The van der Waals surface area contributed by atoms with E-state index in [1.807, 2.05) is 0 Å². The first-order chi connectivity index (χ1) is 23.9. The number of carboxylic acid groups (broad SMARTS) is 8. The van der Waals surface area contributed by atoms with E-state index in [1.54, 1.807) is 0 Å². The number of rotatable bonds is 28. The second-order valence-electron chi connectivity index (χ2n) is 12.6. The lowest BCUT2D eigenvalue weighted by atomic mass is 9.86. The summed E-state index contributed by atoms with van der Waals surface area (Å²) in [5.41, 5.74) is 6.00. The molecule has 21 heteroatoms. The fourth-order valence-corrected chi connectivity index (χ4v) is 4.20. The molecular formula is C31H57N5O16. The first-order valence-electron chi connectivity index (χ1n) is 16.3. The SMILES string of the molecule is CCCCCCC(C)C(C)(C)N.O=C(O)CN(CCN(CC(=O)O)CC(=O)O)CC(=O)O.O=C(O)CN(CCN(CC(=O)O)CC(=O)O)CC(=O)O. The van der Waals surface area contributed by atoms with E-state index in [0.29, 0.717) is 5.92 Å². The molecule has 0 fully saturated rings. The van der Waals surface area contributed by atoms with Crippen molar-refractivity contribution < 1.29 is 79.2 Å². The molecule has 0 aromatic heterocycles. The maximum atomic E-state index is 10.6. The van der Waals surface area contributed by atoms with Gasteiger partial charge in [0.1, 0.15) is 0 Å². The molecule has 0 spiro atoms. The summed E-state index contributed by atoms with van der Waals surface area (Å²) in [6.45, 7) is 4.25. The van der Waals surface area contributed by atoms with Crippen LogP contribution in [0.25, 0.3) is 0 Å². The molecule has 0 amide bonds. The van der Waals surface area contributed by atoms with Crippen molar-refractivity contribution in [2.45, 2.75) is 65.3 Å². The van der Waals surface area contributed by atoms with Gasteiger partial charge >= 0.3 is 47.8 Å². The molecule has 0 saturated carbocycles. The summed E-state index contributed by atoms with van der Waals surface area (Å²) in [4.78, 5) is 88.7. The zero-order valence-corrected chi connectivity index (χ0v) is 30.3. The number of carboxylic acids is 8. The van der Waals surface area contributed by atoms with E-state index >= 15 is 0 Å². The molecule has 0 bridgehead atoms. The lowest BCUT2D eigenvalue weighted by Gasteiger charge is -2.27. The summed E-state index contributed by atoms with van der Waals surface area (Å²) in [7, 11) is 0. The topological polar surface area (TPSA) is 337 Å². The largest absolute Gasteiger partial charge is 0.480 e. The van der Waals surface area contributed by atoms with Gasteiger partial charge in [-0.3, -0.25) is 58.0 Å². The number of nitrogens with two attached hydrogens (primary N) is 1. The van der Waals surface area contributed by atoms with E-state index in [1.165, 1.54) is 32.1 Å². The fourth-order valence-electron chi connectivity index (χ4n) is 4.20. The van der Waals surface area contributed by atoms with Gasteiger partial charge in [0.2, 0.25) is 0 Å². The Bertz CT molecular complexity index is 923. The fraction of sp³-hybridized carbons (Fsp3) is 0.742. The first kappa shape index (κ1) is 51.9. The van der Waals surface area contributed by atoms with Gasteiger partial charge in [-0.05, 0) is 26.2 Å². The van der Waals surface area contributed by atoms with Gasteiger partial charge in [-0.25, -0.2) is 0 Å². The van der Waals surface area contributed by atoms with Crippen molar-refractivity contribution in [2.24, 2.45) is 11.7 Å². The van der Waals surface area contributed by atoms with Gasteiger partial charge in [-0.15, -0.1) is 0 Å². The summed E-state index contributed by atoms with van der Waals surface area (Å²) in [5.74, 6) is -9.17. The van der Waals surface area contributed by atoms with Crippen molar-refractivity contribution in [1.82, 2.24) is 19.6 Å². The van der Waals surface area contributed by atoms with E-state index < -0.39 is 100 Å². The number of nitrogens with zero attached hydrogens (tertiary/aromatic N) is 4. The molecule has 1 atom stereocenters. The number of aliphatic carboxylic acids is 8. The van der Waals surface area contributed by atoms with Gasteiger partial charge in [-0.1, -0.05) is 39.5 Å². The van der Waals surface area contributed by atoms with Crippen LogP contribution in [0, 0.1) is 5.92 Å². The Balaban J connectivity index is -0.000000717. The molecular weight excluding hydrogens is 698 g/mol. The van der Waals surface area contributed by atoms with Crippen molar-refractivity contribution in [3.63, 3.8) is 0 Å². The highest BCUT2D eigenvalue weighted by atomic mass is 16.4. The lowest BCUT2D eigenvalue weighted by Crippen LogP contribution is -2.43. The lowest BCUT2D eigenvalue weighted by molar-refractivity contribution is -0.145. The first-order valence-corrected chi connectivity index (χ1v) is 16.3. The molecule has 0 saturated heterocycles. The Morgan fingerprint density at radius 1 is 0.462 bits per heavy atom. The summed E-state index contributed by atoms with van der Waals surface area (Å²) in [6.07, 6.45) is 6.69. The Labute approximate surface area is 302 Å². The molecule has 0 radical (unpaired) electrons. The highest BCUT2D eigenvalue weighted by Gasteiger charge is 2.20. The minimum Gasteiger partial charge on any atom is -0.480 e. The Morgan fingerprint density at radius 2 is 0.673 bits per heavy atom. The van der Waals surface area contributed by atoms with Crippen molar-refractivity contribution in [3.05, 3.63) is 0 Å². The van der Waals surface area contributed by atoms with Crippen LogP contribution in [-0.2, 0) is 38.4 Å². The third kappa shape index (κ3) is 36.8. The van der Waals surface area contributed by atoms with Gasteiger partial charge in [0.25, 0.3) is 0 Å². The summed E-state index contributed by atoms with van der Waals surface area (Å²) in [6, 6.07) is 0. The van der Waals surface area contributed by atoms with E-state index in [-0.39, 0.29) is 31.7 Å². The molecule has 52 heavy (non-hydrogen) atoms. The zero-order chi connectivity index (χ0) is 41.0. The van der Waals surface area contributed by atoms with Crippen molar-refractivity contribution >= 4 is 47.8 Å². The van der Waals surface area contributed by atoms with Crippen LogP contribution in [0.4, 0.5) is 0 Å². The Morgan fingerprint density at radius 3 is 0.827 bits per heavy atom. The molecule has 302 valence electrons. The molecule has 10 N–H and O–H groups in total. The second kappa shape index (κ2) is 29.2. The maximum Gasteiger partial charge on any atom is 0.317 e. The molecule has 0 aliphatic rings. The van der Waals surface area contributed by atoms with Gasteiger partial charge in [0.15, 0.2) is 0 Å². The Kier molecular flexibility index (Phi) is 29.1. The van der Waals surface area contributed by atoms with Gasteiger partial charge < -0.3 is 46.6 Å². The van der Waals surface area contributed by atoms with E-state index in [2.05, 4.69) is 27.7 Å². The maximum absolute atomic E-state index is 10.6. The molecule has 0 rings (SSSR count). The van der Waals surface area contributed by atoms with Crippen LogP contribution >= 0.6 is 0 Å². The number of hydrogen-bond donors (Lipinski definition) is 9. The monoisotopic (exact) mass is 755 g/mol. The van der Waals surface area contributed by atoms with Crippen molar-refractivity contribution in [2.75, 3.05) is 78.5 Å². The standard InChI is InChI=1S/C11H25N.2C10H16N2O8/c1-5-6-7-8-9-10(2)11(3,4)12;2*13-7(14)3-11(4-8(15)16)1-2-12(5-9(17)18)6-10(19)20/h10H,5-9,12H2,1-4H3;2*1-6H2,(H,13,14)(H,15,16)(H,17,18)(H,19,20). The zero-order valence-electron chi connectivity index (χ0n) is 30.3. The highest BCUT2D eigenvalue weighted by Crippen LogP contribution is 2.19. The molecule has 0 aliphatic carbocycles. The average Bonchev–Trinajstić information content (AvgIpc) is 2.94. The minimum atomic E-state index is -1.23. The van der Waals surface area contributed by atoms with Crippen LogP contribution in [0.1, 0.15) is 59.8 Å². The van der Waals surface area contributed by atoms with Crippen LogP contribution in [0.5, 0.6) is 0 Å². The normalized spacial score (nSPS) is 11.6. The molecule has 0 aliphatic heterocycles. The highest BCUT2D eigenvalue weighted by molar-refractivity contribution is 5.74. The summed E-state index contributed by atoms with van der Waals surface area (Å²) >= 11 is 0. The molecule has 1 unspecified atom stereocenters. The quantitative estimate of drug-likeness (QED) is 0.0441. The van der Waals surface area contributed by atoms with Crippen LogP contribution < -0.4 is 5.73 Å². The Hall–Kier alpha value is -4.44. The van der Waals surface area contributed by atoms with Crippen LogP contribution in [0.15, 0.2) is 0 Å².